The van der Waals surface area contributed by atoms with E-state index in [-0.39, 0.29) is 0 Å². The van der Waals surface area contributed by atoms with Gasteiger partial charge in [0.2, 0.25) is 0 Å². The monoisotopic (exact) mass is 297 g/mol. The number of para-hydroxylation sites is 2. The first-order valence-electron chi connectivity index (χ1n) is 7.60. The average molecular weight is 297 g/mol. The van der Waals surface area contributed by atoms with Crippen LogP contribution in [0.3, 0.4) is 0 Å². The Hall–Kier alpha value is -1.61. The third-order valence-electron chi connectivity index (χ3n) is 4.28. The third kappa shape index (κ3) is 2.51. The van der Waals surface area contributed by atoms with Gasteiger partial charge in [-0.25, -0.2) is 0 Å². The molecule has 0 saturated heterocycles. The molecule has 0 saturated carbocycles. The molecule has 0 radical (unpaired) electrons. The summed E-state index contributed by atoms with van der Waals surface area (Å²) in [6.07, 6.45) is 1.09. The Bertz CT molecular complexity index is 643. The van der Waals surface area contributed by atoms with E-state index >= 15 is 0 Å². The lowest BCUT2D eigenvalue weighted by atomic mass is 10.0. The maximum absolute atomic E-state index is 5.87. The minimum atomic E-state index is 0.623. The second-order valence-electron chi connectivity index (χ2n) is 5.66. The van der Waals surface area contributed by atoms with Crippen molar-refractivity contribution in [3.63, 3.8) is 0 Å². The fourth-order valence-corrected chi connectivity index (χ4v) is 4.48. The summed E-state index contributed by atoms with van der Waals surface area (Å²) in [5, 5.41) is 0. The second-order valence-corrected chi connectivity index (χ2v) is 6.72. The largest absolute Gasteiger partial charge is 0.491 e. The summed E-state index contributed by atoms with van der Waals surface area (Å²) < 4.78 is 5.87. The quantitative estimate of drug-likeness (QED) is 0.825. The molecular formula is C18H19NOS. The molecule has 0 amide bonds. The Morgan fingerprint density at radius 3 is 2.95 bits per heavy atom. The Labute approximate surface area is 130 Å². The smallest absolute Gasteiger partial charge is 0.142 e. The number of thioether (sulfide) groups is 1. The zero-order valence-electron chi connectivity index (χ0n) is 12.0. The summed E-state index contributed by atoms with van der Waals surface area (Å²) in [5.41, 5.74) is 2.77. The van der Waals surface area contributed by atoms with Crippen LogP contribution in [0.2, 0.25) is 0 Å². The lowest BCUT2D eigenvalue weighted by molar-refractivity contribution is 0.322. The highest BCUT2D eigenvalue weighted by atomic mass is 32.2. The van der Waals surface area contributed by atoms with Gasteiger partial charge in [-0.3, -0.25) is 0 Å². The van der Waals surface area contributed by atoms with E-state index < -0.39 is 0 Å². The molecule has 0 aromatic heterocycles. The van der Waals surface area contributed by atoms with Gasteiger partial charge >= 0.3 is 0 Å². The molecule has 4 rings (SSSR count). The second kappa shape index (κ2) is 5.64. The van der Waals surface area contributed by atoms with Crippen LogP contribution in [0.25, 0.3) is 0 Å². The summed E-state index contributed by atoms with van der Waals surface area (Å²) in [4.78, 5) is 3.97. The van der Waals surface area contributed by atoms with Crippen LogP contribution in [-0.2, 0) is 0 Å². The van der Waals surface area contributed by atoms with Crippen LogP contribution in [0.15, 0.2) is 53.4 Å². The van der Waals surface area contributed by atoms with Crippen molar-refractivity contribution in [2.75, 3.05) is 30.3 Å². The number of rotatable bonds is 2. The first-order valence-corrected chi connectivity index (χ1v) is 8.59. The highest BCUT2D eigenvalue weighted by Crippen LogP contribution is 2.41. The number of anilines is 1. The maximum atomic E-state index is 5.87. The van der Waals surface area contributed by atoms with E-state index in [1.165, 1.54) is 21.9 Å². The van der Waals surface area contributed by atoms with Crippen molar-refractivity contribution in [3.8, 4) is 5.75 Å². The number of nitrogens with zero attached hydrogens (tertiary/aromatic N) is 1. The molecule has 1 atom stereocenters. The first kappa shape index (κ1) is 13.1. The summed E-state index contributed by atoms with van der Waals surface area (Å²) in [6, 6.07) is 17.3. The number of fused-ring (bicyclic) bond motifs is 2. The Morgan fingerprint density at radius 1 is 1.10 bits per heavy atom. The van der Waals surface area contributed by atoms with Crippen LogP contribution >= 0.6 is 11.8 Å². The van der Waals surface area contributed by atoms with Crippen molar-refractivity contribution >= 4 is 17.4 Å². The topological polar surface area (TPSA) is 12.5 Å². The van der Waals surface area contributed by atoms with E-state index in [2.05, 4.69) is 53.4 Å². The molecule has 2 aromatic carbocycles. The van der Waals surface area contributed by atoms with Gasteiger partial charge in [0.25, 0.3) is 0 Å². The van der Waals surface area contributed by atoms with Gasteiger partial charge in [0.1, 0.15) is 5.75 Å². The predicted molar refractivity (Wildman–Crippen MR) is 88.7 cm³/mol. The van der Waals surface area contributed by atoms with E-state index in [4.69, 9.17) is 4.74 Å². The number of benzene rings is 2. The van der Waals surface area contributed by atoms with Crippen LogP contribution in [0.1, 0.15) is 17.9 Å². The van der Waals surface area contributed by atoms with Gasteiger partial charge < -0.3 is 9.64 Å². The highest BCUT2D eigenvalue weighted by molar-refractivity contribution is 7.99. The molecule has 2 aliphatic rings. The van der Waals surface area contributed by atoms with Gasteiger partial charge in [-0.05, 0) is 30.2 Å². The Morgan fingerprint density at radius 2 is 1.95 bits per heavy atom. The van der Waals surface area contributed by atoms with Gasteiger partial charge in [0.15, 0.2) is 0 Å². The molecule has 0 aliphatic carbocycles. The lowest BCUT2D eigenvalue weighted by Gasteiger charge is -2.27. The minimum Gasteiger partial charge on any atom is -0.491 e. The standard InChI is InChI=1S/C18H19NOS/c1-4-9-18-15(6-1)14(13-21-18)12-19-10-5-11-20-17-8-3-2-7-16(17)19/h1-4,6-9,14H,5,10-13H2. The van der Waals surface area contributed by atoms with Crippen molar-refractivity contribution < 1.29 is 4.74 Å². The van der Waals surface area contributed by atoms with Crippen LogP contribution in [0.5, 0.6) is 5.75 Å². The molecule has 2 heterocycles. The molecule has 0 N–H and O–H groups in total. The molecule has 2 aromatic rings. The molecule has 1 unspecified atom stereocenters. The van der Waals surface area contributed by atoms with Crippen molar-refractivity contribution in [1.82, 2.24) is 0 Å². The van der Waals surface area contributed by atoms with Gasteiger partial charge in [0, 0.05) is 29.7 Å². The zero-order valence-corrected chi connectivity index (χ0v) is 12.8. The molecule has 2 nitrogen and oxygen atoms in total. The SMILES string of the molecule is c1ccc2c(c1)OCCCN2CC1CSc2ccccc21. The van der Waals surface area contributed by atoms with Crippen LogP contribution in [0, 0.1) is 0 Å². The van der Waals surface area contributed by atoms with Gasteiger partial charge in [-0.2, -0.15) is 0 Å². The molecule has 21 heavy (non-hydrogen) atoms. The molecule has 108 valence electrons. The minimum absolute atomic E-state index is 0.623. The molecular weight excluding hydrogens is 278 g/mol. The zero-order chi connectivity index (χ0) is 14.1. The highest BCUT2D eigenvalue weighted by Gasteiger charge is 2.26. The molecule has 0 fully saturated rings. The van der Waals surface area contributed by atoms with Gasteiger partial charge in [0.05, 0.1) is 12.3 Å². The summed E-state index contributed by atoms with van der Waals surface area (Å²) in [5.74, 6) is 2.85. The molecule has 0 bridgehead atoms. The van der Waals surface area contributed by atoms with Crippen LogP contribution < -0.4 is 9.64 Å². The van der Waals surface area contributed by atoms with Gasteiger partial charge in [-0.1, -0.05) is 30.3 Å². The Balaban J connectivity index is 1.61. The van der Waals surface area contributed by atoms with Crippen molar-refractivity contribution in [1.29, 1.82) is 0 Å². The summed E-state index contributed by atoms with van der Waals surface area (Å²) >= 11 is 1.99. The molecule has 2 aliphatic heterocycles. The van der Waals surface area contributed by atoms with Crippen LogP contribution in [-0.4, -0.2) is 25.4 Å². The van der Waals surface area contributed by atoms with Gasteiger partial charge in [-0.15, -0.1) is 11.8 Å². The van der Waals surface area contributed by atoms with E-state index in [1.54, 1.807) is 0 Å². The first-order chi connectivity index (χ1) is 10.4. The summed E-state index contributed by atoms with van der Waals surface area (Å²) in [7, 11) is 0. The number of hydrogen-bond acceptors (Lipinski definition) is 3. The third-order valence-corrected chi connectivity index (χ3v) is 5.53. The van der Waals surface area contributed by atoms with E-state index in [1.807, 2.05) is 11.8 Å². The fraction of sp³-hybridized carbons (Fsp3) is 0.333. The van der Waals surface area contributed by atoms with E-state index in [9.17, 15) is 0 Å². The number of ether oxygens (including phenoxy) is 1. The van der Waals surface area contributed by atoms with Crippen molar-refractivity contribution in [3.05, 3.63) is 54.1 Å². The van der Waals surface area contributed by atoms with Crippen LogP contribution in [0.4, 0.5) is 5.69 Å². The van der Waals surface area contributed by atoms with Crippen molar-refractivity contribution in [2.45, 2.75) is 17.2 Å². The number of hydrogen-bond donors (Lipinski definition) is 0. The normalized spacial score (nSPS) is 20.4. The molecule has 0 spiro atoms. The average Bonchev–Trinajstić information content (AvgIpc) is 2.82. The Kier molecular flexibility index (Phi) is 3.52. The predicted octanol–water partition coefficient (Wildman–Crippen LogP) is 4.17. The summed E-state index contributed by atoms with van der Waals surface area (Å²) in [6.45, 7) is 2.99. The lowest BCUT2D eigenvalue weighted by Crippen LogP contribution is -2.29. The fourth-order valence-electron chi connectivity index (χ4n) is 3.23. The van der Waals surface area contributed by atoms with Crippen molar-refractivity contribution in [2.24, 2.45) is 0 Å². The van der Waals surface area contributed by atoms with E-state index in [0.29, 0.717) is 5.92 Å². The maximum Gasteiger partial charge on any atom is 0.142 e. The van der Waals surface area contributed by atoms with E-state index in [0.717, 1.165) is 31.9 Å². The molecule has 3 heteroatoms.